The first-order chi connectivity index (χ1) is 11.9. The van der Waals surface area contributed by atoms with Gasteiger partial charge in [0, 0.05) is 6.07 Å². The molecule has 1 unspecified atom stereocenters. The Hall–Kier alpha value is -2.93. The monoisotopic (exact) mass is 362 g/mol. The molecule has 2 aromatic rings. The molecule has 0 saturated carbocycles. The van der Waals surface area contributed by atoms with E-state index in [1.165, 1.54) is 12.1 Å². The molecule has 2 rings (SSSR count). The summed E-state index contributed by atoms with van der Waals surface area (Å²) in [5, 5.41) is 13.4. The van der Waals surface area contributed by atoms with Gasteiger partial charge in [0.25, 0.3) is 11.6 Å². The van der Waals surface area contributed by atoms with Crippen molar-refractivity contribution in [2.24, 2.45) is 0 Å². The van der Waals surface area contributed by atoms with Gasteiger partial charge in [-0.05, 0) is 24.6 Å². The van der Waals surface area contributed by atoms with Gasteiger partial charge < -0.3 is 10.1 Å². The Bertz CT molecular complexity index is 795. The van der Waals surface area contributed by atoms with Crippen molar-refractivity contribution in [3.8, 4) is 0 Å². The molecule has 0 bridgehead atoms. The van der Waals surface area contributed by atoms with Crippen molar-refractivity contribution in [3.05, 3.63) is 74.8 Å². The number of ether oxygens (including phenoxy) is 1. The van der Waals surface area contributed by atoms with Gasteiger partial charge in [0.1, 0.15) is 5.02 Å². The van der Waals surface area contributed by atoms with E-state index in [1.54, 1.807) is 6.92 Å². The number of halogens is 1. The fourth-order valence-electron chi connectivity index (χ4n) is 2.10. The van der Waals surface area contributed by atoms with Crippen molar-refractivity contribution in [2.45, 2.75) is 13.0 Å². The minimum atomic E-state index is -0.845. The number of benzene rings is 2. The predicted molar refractivity (Wildman–Crippen MR) is 91.4 cm³/mol. The Kier molecular flexibility index (Phi) is 6.08. The molecule has 0 spiro atoms. The number of carbonyl (C=O) groups is 2. The van der Waals surface area contributed by atoms with Crippen LogP contribution in [0.1, 0.15) is 28.9 Å². The number of nitro groups is 1. The highest BCUT2D eigenvalue weighted by atomic mass is 35.5. The second-order valence-corrected chi connectivity index (χ2v) is 5.61. The van der Waals surface area contributed by atoms with Crippen molar-refractivity contribution < 1.29 is 19.2 Å². The summed E-state index contributed by atoms with van der Waals surface area (Å²) in [7, 11) is 0. The highest BCUT2D eigenvalue weighted by Gasteiger charge is 2.18. The van der Waals surface area contributed by atoms with Crippen molar-refractivity contribution in [2.75, 3.05) is 6.61 Å². The second kappa shape index (κ2) is 8.25. The van der Waals surface area contributed by atoms with Crippen molar-refractivity contribution in [3.63, 3.8) is 0 Å². The molecule has 1 atom stereocenters. The molecule has 0 heterocycles. The molecular weight excluding hydrogens is 348 g/mol. The van der Waals surface area contributed by atoms with Gasteiger partial charge in [0.2, 0.25) is 0 Å². The summed E-state index contributed by atoms with van der Waals surface area (Å²) in [6.45, 7) is 1.31. The van der Waals surface area contributed by atoms with E-state index in [4.69, 9.17) is 16.3 Å². The first-order valence-electron chi connectivity index (χ1n) is 7.34. The summed E-state index contributed by atoms with van der Waals surface area (Å²) in [5.41, 5.74) is 0.453. The Balaban J connectivity index is 1.92. The number of hydrogen-bond donors (Lipinski definition) is 1. The van der Waals surface area contributed by atoms with E-state index in [1.807, 2.05) is 30.3 Å². The molecule has 0 aliphatic heterocycles. The molecule has 1 amide bonds. The Morgan fingerprint density at radius 2 is 1.92 bits per heavy atom. The molecule has 1 N–H and O–H groups in total. The zero-order chi connectivity index (χ0) is 18.4. The molecule has 8 heteroatoms. The number of amides is 1. The molecule has 2 aromatic carbocycles. The lowest BCUT2D eigenvalue weighted by molar-refractivity contribution is -0.384. The van der Waals surface area contributed by atoms with Gasteiger partial charge >= 0.3 is 5.97 Å². The molecular formula is C17H15ClN2O5. The zero-order valence-electron chi connectivity index (χ0n) is 13.3. The van der Waals surface area contributed by atoms with Gasteiger partial charge in [0.05, 0.1) is 16.5 Å². The van der Waals surface area contributed by atoms with Gasteiger partial charge in [-0.3, -0.25) is 14.9 Å². The lowest BCUT2D eigenvalue weighted by atomic mass is 10.1. The molecule has 0 aromatic heterocycles. The Morgan fingerprint density at radius 3 is 2.56 bits per heavy atom. The minimum absolute atomic E-state index is 0.0555. The molecule has 130 valence electrons. The van der Waals surface area contributed by atoms with Crippen LogP contribution in [0.2, 0.25) is 5.02 Å². The normalized spacial score (nSPS) is 11.4. The minimum Gasteiger partial charge on any atom is -0.452 e. The van der Waals surface area contributed by atoms with Gasteiger partial charge in [-0.25, -0.2) is 4.79 Å². The Labute approximate surface area is 148 Å². The van der Waals surface area contributed by atoms with Crippen LogP contribution in [-0.4, -0.2) is 23.4 Å². The average Bonchev–Trinajstić information content (AvgIpc) is 2.60. The summed E-state index contributed by atoms with van der Waals surface area (Å²) >= 11 is 5.68. The molecule has 0 saturated heterocycles. The summed E-state index contributed by atoms with van der Waals surface area (Å²) in [5.74, 6) is -1.32. The fraction of sp³-hybridized carbons (Fsp3) is 0.176. The quantitative estimate of drug-likeness (QED) is 0.483. The average molecular weight is 363 g/mol. The Morgan fingerprint density at radius 1 is 1.24 bits per heavy atom. The molecule has 25 heavy (non-hydrogen) atoms. The third-order valence-corrected chi connectivity index (χ3v) is 3.71. The molecule has 7 nitrogen and oxygen atoms in total. The molecule has 0 aliphatic rings. The maximum Gasteiger partial charge on any atom is 0.338 e. The third kappa shape index (κ3) is 5.02. The van der Waals surface area contributed by atoms with Gasteiger partial charge in [-0.2, -0.15) is 0 Å². The van der Waals surface area contributed by atoms with Crippen molar-refractivity contribution >= 4 is 29.2 Å². The van der Waals surface area contributed by atoms with E-state index in [-0.39, 0.29) is 16.6 Å². The number of nitro benzene ring substituents is 1. The maximum absolute atomic E-state index is 11.9. The highest BCUT2D eigenvalue weighted by Crippen LogP contribution is 2.25. The number of nitrogens with zero attached hydrogens (tertiary/aromatic N) is 1. The van der Waals surface area contributed by atoms with E-state index >= 15 is 0 Å². The lowest BCUT2D eigenvalue weighted by Crippen LogP contribution is -2.31. The first kappa shape index (κ1) is 18.4. The third-order valence-electron chi connectivity index (χ3n) is 3.39. The number of carbonyl (C=O) groups excluding carboxylic acids is 2. The number of esters is 1. The standard InChI is InChI=1S/C17H15ClN2O5/c1-11(12-5-3-2-4-6-12)19-16(21)10-25-17(22)13-7-8-14(18)15(9-13)20(23)24/h2-9,11H,10H2,1H3,(H,19,21). The van der Waals surface area contributed by atoms with Crippen LogP contribution in [0.4, 0.5) is 5.69 Å². The molecule has 0 radical (unpaired) electrons. The van der Waals surface area contributed by atoms with Gasteiger partial charge in [-0.15, -0.1) is 0 Å². The SMILES string of the molecule is CC(NC(=O)COC(=O)c1ccc(Cl)c([N+](=O)[O-])c1)c1ccccc1. The summed E-state index contributed by atoms with van der Waals surface area (Å²) < 4.78 is 4.88. The van der Waals surface area contributed by atoms with Crippen LogP contribution in [0.5, 0.6) is 0 Å². The lowest BCUT2D eigenvalue weighted by Gasteiger charge is -2.14. The van der Waals surface area contributed by atoms with E-state index < -0.39 is 29.1 Å². The van der Waals surface area contributed by atoms with Crippen LogP contribution in [-0.2, 0) is 9.53 Å². The summed E-state index contributed by atoms with van der Waals surface area (Å²) in [4.78, 5) is 33.9. The molecule has 0 fully saturated rings. The van der Waals surface area contributed by atoms with Crippen LogP contribution in [0.15, 0.2) is 48.5 Å². The van der Waals surface area contributed by atoms with Crippen LogP contribution in [0.3, 0.4) is 0 Å². The maximum atomic E-state index is 11.9. The van der Waals surface area contributed by atoms with Crippen LogP contribution in [0.25, 0.3) is 0 Å². The number of rotatable bonds is 6. The summed E-state index contributed by atoms with van der Waals surface area (Å²) in [6, 6.07) is 12.6. The second-order valence-electron chi connectivity index (χ2n) is 5.20. The smallest absolute Gasteiger partial charge is 0.338 e. The van der Waals surface area contributed by atoms with Crippen molar-refractivity contribution in [1.82, 2.24) is 5.32 Å². The first-order valence-corrected chi connectivity index (χ1v) is 7.71. The van der Waals surface area contributed by atoms with Crippen molar-refractivity contribution in [1.29, 1.82) is 0 Å². The number of hydrogen-bond acceptors (Lipinski definition) is 5. The van der Waals surface area contributed by atoms with Gasteiger partial charge in [-0.1, -0.05) is 41.9 Å². The fourth-order valence-corrected chi connectivity index (χ4v) is 2.29. The highest BCUT2D eigenvalue weighted by molar-refractivity contribution is 6.32. The van der Waals surface area contributed by atoms with Crippen LogP contribution < -0.4 is 5.32 Å². The van der Waals surface area contributed by atoms with E-state index in [0.717, 1.165) is 11.6 Å². The van der Waals surface area contributed by atoms with Gasteiger partial charge in [0.15, 0.2) is 6.61 Å². The molecule has 0 aliphatic carbocycles. The van der Waals surface area contributed by atoms with Crippen LogP contribution >= 0.6 is 11.6 Å². The van der Waals surface area contributed by atoms with Crippen LogP contribution in [0, 0.1) is 10.1 Å². The predicted octanol–water partition coefficient (Wildman–Crippen LogP) is 3.28. The summed E-state index contributed by atoms with van der Waals surface area (Å²) in [6.07, 6.45) is 0. The van der Waals surface area contributed by atoms with E-state index in [0.29, 0.717) is 0 Å². The number of nitrogens with one attached hydrogen (secondary N) is 1. The van der Waals surface area contributed by atoms with E-state index in [9.17, 15) is 19.7 Å². The zero-order valence-corrected chi connectivity index (χ0v) is 14.0. The van der Waals surface area contributed by atoms with E-state index in [2.05, 4.69) is 5.32 Å². The largest absolute Gasteiger partial charge is 0.452 e. The topological polar surface area (TPSA) is 98.5 Å².